The van der Waals surface area contributed by atoms with Crippen LogP contribution in [0.4, 0.5) is 5.69 Å². The molecule has 0 amide bonds. The van der Waals surface area contributed by atoms with E-state index in [9.17, 15) is 18.3 Å². The Labute approximate surface area is 139 Å². The van der Waals surface area contributed by atoms with E-state index in [0.29, 0.717) is 6.54 Å². The van der Waals surface area contributed by atoms with E-state index < -0.39 is 20.9 Å². The van der Waals surface area contributed by atoms with E-state index in [4.69, 9.17) is 14.3 Å². The number of sulfonamides is 1. The lowest BCUT2D eigenvalue weighted by Gasteiger charge is -2.15. The Morgan fingerprint density at radius 3 is 2.71 bits per heavy atom. The summed E-state index contributed by atoms with van der Waals surface area (Å²) in [6.07, 6.45) is 3.08. The number of ether oxygens (including phenoxy) is 1. The molecule has 130 valence electrons. The highest BCUT2D eigenvalue weighted by molar-refractivity contribution is 7.89. The monoisotopic (exact) mass is 354 g/mol. The number of primary sulfonamides is 1. The summed E-state index contributed by atoms with van der Waals surface area (Å²) < 4.78 is 34.3. The van der Waals surface area contributed by atoms with Gasteiger partial charge < -0.3 is 19.6 Å². The number of nitrogens with two attached hydrogens (primary N) is 1. The Hall–Kier alpha value is -2.52. The molecule has 0 saturated carbocycles. The van der Waals surface area contributed by atoms with E-state index in [0.717, 1.165) is 18.9 Å². The summed E-state index contributed by atoms with van der Waals surface area (Å²) in [6, 6.07) is 5.32. The number of aromatic carboxylic acids is 1. The molecule has 9 heteroatoms. The van der Waals surface area contributed by atoms with Gasteiger partial charge in [0.1, 0.15) is 4.90 Å². The molecule has 0 aliphatic rings. The normalized spacial score (nSPS) is 11.2. The molecule has 2 aromatic rings. The number of rotatable bonds is 8. The Kier molecular flexibility index (Phi) is 5.47. The second-order valence-electron chi connectivity index (χ2n) is 5.02. The van der Waals surface area contributed by atoms with Crippen molar-refractivity contribution in [2.24, 2.45) is 5.14 Å². The molecule has 0 saturated heterocycles. The average Bonchev–Trinajstić information content (AvgIpc) is 3.00. The standard InChI is InChI=1S/C15H18N2O6S/c1-2-3-6-17-11-8-10(15(18)19)9-12(24(16,20)21)14(11)23-13-5-4-7-22-13/h4-5,7-9,17H,2-3,6H2,1H3,(H,18,19)(H2,16,20,21). The molecular formula is C15H18N2O6S. The molecule has 8 nitrogen and oxygen atoms in total. The number of benzene rings is 1. The summed E-state index contributed by atoms with van der Waals surface area (Å²) in [5.74, 6) is -1.32. The highest BCUT2D eigenvalue weighted by Gasteiger charge is 2.24. The van der Waals surface area contributed by atoms with E-state index in [1.54, 1.807) is 6.07 Å². The van der Waals surface area contributed by atoms with E-state index in [2.05, 4.69) is 5.32 Å². The van der Waals surface area contributed by atoms with Gasteiger partial charge in [-0.05, 0) is 24.6 Å². The van der Waals surface area contributed by atoms with Crippen molar-refractivity contribution in [2.75, 3.05) is 11.9 Å². The van der Waals surface area contributed by atoms with Gasteiger partial charge in [0.05, 0.1) is 17.5 Å². The van der Waals surface area contributed by atoms with Crippen LogP contribution in [0.15, 0.2) is 39.8 Å². The molecule has 1 heterocycles. The molecule has 1 aromatic heterocycles. The van der Waals surface area contributed by atoms with Crippen LogP contribution in [0, 0.1) is 0 Å². The number of nitrogens with one attached hydrogen (secondary N) is 1. The maximum atomic E-state index is 11.9. The predicted octanol–water partition coefficient (Wildman–Crippen LogP) is 2.63. The largest absolute Gasteiger partial charge is 0.478 e. The second kappa shape index (κ2) is 7.37. The van der Waals surface area contributed by atoms with Crippen LogP contribution in [0.5, 0.6) is 11.7 Å². The Balaban J connectivity index is 2.58. The summed E-state index contributed by atoms with van der Waals surface area (Å²) in [7, 11) is -4.22. The third-order valence-corrected chi connectivity index (χ3v) is 4.07. The molecule has 0 fully saturated rings. The van der Waals surface area contributed by atoms with Gasteiger partial charge in [-0.2, -0.15) is 0 Å². The zero-order chi connectivity index (χ0) is 17.7. The zero-order valence-electron chi connectivity index (χ0n) is 13.0. The van der Waals surface area contributed by atoms with Crippen molar-refractivity contribution in [1.82, 2.24) is 0 Å². The molecule has 0 radical (unpaired) electrons. The summed E-state index contributed by atoms with van der Waals surface area (Å²) >= 11 is 0. The van der Waals surface area contributed by atoms with Crippen LogP contribution < -0.4 is 15.2 Å². The van der Waals surface area contributed by atoms with E-state index >= 15 is 0 Å². The molecule has 4 N–H and O–H groups in total. The molecule has 0 aliphatic heterocycles. The number of unbranched alkanes of at least 4 members (excludes halogenated alkanes) is 1. The molecule has 0 atom stereocenters. The molecular weight excluding hydrogens is 336 g/mol. The van der Waals surface area contributed by atoms with Crippen LogP contribution in [-0.2, 0) is 10.0 Å². The average molecular weight is 354 g/mol. The first-order chi connectivity index (χ1) is 11.3. The van der Waals surface area contributed by atoms with Crippen molar-refractivity contribution in [2.45, 2.75) is 24.7 Å². The fourth-order valence-corrected chi connectivity index (χ4v) is 2.70. The van der Waals surface area contributed by atoms with Crippen molar-refractivity contribution >= 4 is 21.7 Å². The Morgan fingerprint density at radius 1 is 1.42 bits per heavy atom. The maximum Gasteiger partial charge on any atom is 0.335 e. The number of carboxylic acids is 1. The minimum Gasteiger partial charge on any atom is -0.478 e. The highest BCUT2D eigenvalue weighted by atomic mass is 32.2. The van der Waals surface area contributed by atoms with Crippen LogP contribution in [0.3, 0.4) is 0 Å². The quantitative estimate of drug-likeness (QED) is 0.621. The fourth-order valence-electron chi connectivity index (χ4n) is 2.00. The van der Waals surface area contributed by atoms with Gasteiger partial charge in [-0.25, -0.2) is 18.4 Å². The molecule has 2 rings (SSSR count). The molecule has 1 aromatic carbocycles. The first kappa shape index (κ1) is 17.8. The van der Waals surface area contributed by atoms with E-state index in [1.165, 1.54) is 18.4 Å². The lowest BCUT2D eigenvalue weighted by atomic mass is 10.1. The molecule has 0 spiro atoms. The van der Waals surface area contributed by atoms with Gasteiger partial charge in [-0.3, -0.25) is 0 Å². The first-order valence-electron chi connectivity index (χ1n) is 7.22. The predicted molar refractivity (Wildman–Crippen MR) is 87.0 cm³/mol. The summed E-state index contributed by atoms with van der Waals surface area (Å²) in [4.78, 5) is 10.8. The van der Waals surface area contributed by atoms with Gasteiger partial charge in [0, 0.05) is 12.6 Å². The number of carbonyl (C=O) groups is 1. The number of anilines is 1. The van der Waals surface area contributed by atoms with Crippen molar-refractivity contribution in [1.29, 1.82) is 0 Å². The minimum absolute atomic E-state index is 0.0570. The number of furan rings is 1. The Bertz CT molecular complexity index is 815. The molecule has 24 heavy (non-hydrogen) atoms. The van der Waals surface area contributed by atoms with Crippen LogP contribution in [0.25, 0.3) is 0 Å². The molecule has 0 aliphatic carbocycles. The van der Waals surface area contributed by atoms with Gasteiger partial charge in [0.25, 0.3) is 5.95 Å². The topological polar surface area (TPSA) is 132 Å². The first-order valence-corrected chi connectivity index (χ1v) is 8.77. The van der Waals surface area contributed by atoms with Crippen molar-refractivity contribution in [3.8, 4) is 11.7 Å². The van der Waals surface area contributed by atoms with Gasteiger partial charge in [0.15, 0.2) is 5.75 Å². The number of hydrogen-bond acceptors (Lipinski definition) is 6. The smallest absolute Gasteiger partial charge is 0.335 e. The summed E-state index contributed by atoms with van der Waals surface area (Å²) in [6.45, 7) is 2.50. The molecule has 0 unspecified atom stereocenters. The second-order valence-corrected chi connectivity index (χ2v) is 6.55. The van der Waals surface area contributed by atoms with Crippen molar-refractivity contribution in [3.05, 3.63) is 36.1 Å². The zero-order valence-corrected chi connectivity index (χ0v) is 13.8. The Morgan fingerprint density at radius 2 is 2.17 bits per heavy atom. The van der Waals surface area contributed by atoms with Crippen molar-refractivity contribution in [3.63, 3.8) is 0 Å². The number of hydrogen-bond donors (Lipinski definition) is 3. The lowest BCUT2D eigenvalue weighted by molar-refractivity contribution is 0.0696. The maximum absolute atomic E-state index is 11.9. The van der Waals surface area contributed by atoms with Gasteiger partial charge >= 0.3 is 5.97 Å². The minimum atomic E-state index is -4.22. The third-order valence-electron chi connectivity index (χ3n) is 3.15. The summed E-state index contributed by atoms with van der Waals surface area (Å²) in [5.41, 5.74) is -0.00593. The third kappa shape index (κ3) is 4.27. The molecule has 0 bridgehead atoms. The van der Waals surface area contributed by atoms with Crippen LogP contribution in [0.1, 0.15) is 30.1 Å². The SMILES string of the molecule is CCCCNc1cc(C(=O)O)cc(S(N)(=O)=O)c1Oc1ccco1. The van der Waals surface area contributed by atoms with E-state index in [-0.39, 0.29) is 22.9 Å². The lowest BCUT2D eigenvalue weighted by Crippen LogP contribution is -2.16. The summed E-state index contributed by atoms with van der Waals surface area (Å²) in [5, 5.41) is 17.4. The van der Waals surface area contributed by atoms with E-state index in [1.807, 2.05) is 6.92 Å². The van der Waals surface area contributed by atoms with Crippen LogP contribution in [0.2, 0.25) is 0 Å². The fraction of sp³-hybridized carbons (Fsp3) is 0.267. The van der Waals surface area contributed by atoms with Crippen LogP contribution in [-0.4, -0.2) is 26.0 Å². The van der Waals surface area contributed by atoms with Gasteiger partial charge in [0.2, 0.25) is 10.0 Å². The van der Waals surface area contributed by atoms with Gasteiger partial charge in [-0.15, -0.1) is 0 Å². The van der Waals surface area contributed by atoms with Crippen molar-refractivity contribution < 1.29 is 27.5 Å². The highest BCUT2D eigenvalue weighted by Crippen LogP contribution is 2.37. The number of carboxylic acid groups (broad SMARTS) is 1. The van der Waals surface area contributed by atoms with Crippen LogP contribution >= 0.6 is 0 Å². The van der Waals surface area contributed by atoms with Gasteiger partial charge in [-0.1, -0.05) is 13.3 Å².